The standard InChI is InChI=1S/C24H21N7O2S/c32-22-18-10-9-17(14-19(18)23(33)27-26-22)30-28-20(11-8-15-5-2-1-3-6-15)29-31(30)21-13-16-7-4-12-34-24(16)25-21/h1-8,11-13,17-19H,9-10,14H2,(H,28,29)/p+1/b11-8+/t17-,18+,19+/m0/s1. The van der Waals surface area contributed by atoms with Crippen molar-refractivity contribution in [2.45, 2.75) is 25.3 Å². The van der Waals surface area contributed by atoms with E-state index in [9.17, 15) is 9.59 Å². The molecule has 4 heterocycles. The summed E-state index contributed by atoms with van der Waals surface area (Å²) in [5.41, 5.74) is 7.07. The first kappa shape index (κ1) is 20.7. The van der Waals surface area contributed by atoms with Gasteiger partial charge in [0.05, 0.1) is 16.9 Å². The Hall–Kier alpha value is -3.92. The fraction of sp³-hybridized carbons (Fsp3) is 0.250. The zero-order chi connectivity index (χ0) is 23.1. The highest BCUT2D eigenvalue weighted by Crippen LogP contribution is 2.36. The van der Waals surface area contributed by atoms with E-state index in [1.54, 1.807) is 16.1 Å². The van der Waals surface area contributed by atoms with Crippen molar-refractivity contribution < 1.29 is 14.4 Å². The summed E-state index contributed by atoms with van der Waals surface area (Å²) < 4.78 is 0. The highest BCUT2D eigenvalue weighted by atomic mass is 32.1. The van der Waals surface area contributed by atoms with E-state index in [0.717, 1.165) is 22.6 Å². The molecule has 1 aromatic carbocycles. The van der Waals surface area contributed by atoms with Crippen LogP contribution in [0.1, 0.15) is 36.7 Å². The van der Waals surface area contributed by atoms with Gasteiger partial charge in [0, 0.05) is 22.9 Å². The van der Waals surface area contributed by atoms with Crippen molar-refractivity contribution in [3.05, 3.63) is 65.3 Å². The van der Waals surface area contributed by atoms with E-state index >= 15 is 0 Å². The summed E-state index contributed by atoms with van der Waals surface area (Å²) in [5, 5.41) is 12.5. The van der Waals surface area contributed by atoms with Crippen LogP contribution in [0.5, 0.6) is 0 Å². The summed E-state index contributed by atoms with van der Waals surface area (Å²) in [6, 6.07) is 15.9. The minimum absolute atomic E-state index is 0.0900. The number of aromatic nitrogens is 5. The van der Waals surface area contributed by atoms with Crippen molar-refractivity contribution in [1.82, 2.24) is 30.8 Å². The van der Waals surface area contributed by atoms with Crippen molar-refractivity contribution >= 4 is 35.3 Å². The van der Waals surface area contributed by atoms with E-state index in [1.165, 1.54) is 0 Å². The molecule has 4 aliphatic rings. The molecule has 0 unspecified atom stereocenters. The van der Waals surface area contributed by atoms with E-state index in [2.05, 4.69) is 10.9 Å². The fourth-order valence-corrected chi connectivity index (χ4v) is 5.43. The number of fused-ring (bicyclic) bond motifs is 2. The quantitative estimate of drug-likeness (QED) is 0.444. The lowest BCUT2D eigenvalue weighted by atomic mass is 9.75. The monoisotopic (exact) mass is 472 g/mol. The van der Waals surface area contributed by atoms with Crippen LogP contribution in [0.4, 0.5) is 0 Å². The third-order valence-corrected chi connectivity index (χ3v) is 7.28. The van der Waals surface area contributed by atoms with Gasteiger partial charge in [-0.25, -0.2) is 4.98 Å². The number of carbonyl (C=O) groups is 2. The number of nitrogens with zero attached hydrogens (tertiary/aromatic N) is 5. The lowest BCUT2D eigenvalue weighted by Gasteiger charge is -2.35. The number of carbonyl (C=O) groups excluding carboxylic acids is 2. The molecule has 1 aromatic heterocycles. The highest BCUT2D eigenvalue weighted by Gasteiger charge is 2.45. The molecule has 3 atom stereocenters. The first-order valence-corrected chi connectivity index (χ1v) is 12.1. The summed E-state index contributed by atoms with van der Waals surface area (Å²) in [6.45, 7) is 0. The lowest BCUT2D eigenvalue weighted by molar-refractivity contribution is -0.844. The van der Waals surface area contributed by atoms with Gasteiger partial charge in [0.2, 0.25) is 17.6 Å². The van der Waals surface area contributed by atoms with E-state index in [-0.39, 0.29) is 29.7 Å². The summed E-state index contributed by atoms with van der Waals surface area (Å²) in [7, 11) is 0. The van der Waals surface area contributed by atoms with Crippen molar-refractivity contribution in [3.8, 4) is 16.4 Å². The number of tetrazole rings is 1. The Morgan fingerprint density at radius 2 is 1.82 bits per heavy atom. The van der Waals surface area contributed by atoms with Crippen molar-refractivity contribution in [2.24, 2.45) is 11.8 Å². The second kappa shape index (κ2) is 8.45. The molecule has 0 radical (unpaired) electrons. The molecule has 0 bridgehead atoms. The minimum atomic E-state index is -0.387. The van der Waals surface area contributed by atoms with Gasteiger partial charge in [0.25, 0.3) is 0 Å². The molecule has 0 spiro atoms. The molecule has 6 rings (SSSR count). The van der Waals surface area contributed by atoms with Crippen molar-refractivity contribution in [1.29, 1.82) is 0 Å². The number of amides is 2. The van der Waals surface area contributed by atoms with Gasteiger partial charge in [-0.2, -0.15) is 0 Å². The fourth-order valence-electron chi connectivity index (χ4n) is 4.74. The van der Waals surface area contributed by atoms with Gasteiger partial charge < -0.3 is 0 Å². The summed E-state index contributed by atoms with van der Waals surface area (Å²) >= 11 is 1.57. The second-order valence-electron chi connectivity index (χ2n) is 8.56. The lowest BCUT2D eigenvalue weighted by Crippen LogP contribution is -2.60. The summed E-state index contributed by atoms with van der Waals surface area (Å²) in [6.07, 6.45) is 5.69. The second-order valence-corrected chi connectivity index (χ2v) is 9.45. The maximum Gasteiger partial charge on any atom is 0.332 e. The first-order chi connectivity index (χ1) is 16.7. The molecule has 1 aliphatic carbocycles. The molecule has 2 amide bonds. The van der Waals surface area contributed by atoms with Gasteiger partial charge in [0.15, 0.2) is 0 Å². The van der Waals surface area contributed by atoms with Crippen molar-refractivity contribution in [3.63, 3.8) is 0 Å². The predicted molar refractivity (Wildman–Crippen MR) is 125 cm³/mol. The van der Waals surface area contributed by atoms with Crippen LogP contribution in [0, 0.1) is 11.8 Å². The SMILES string of the molecule is O=C1NNC(=O)[C@@H]2C[C@@H]([n+]3nc(/C=C/c4ccccc4)nn3-c3cc4cccsc-4n3)CC[C@@H]12. The maximum atomic E-state index is 12.5. The molecule has 9 nitrogen and oxygen atoms in total. The van der Waals surface area contributed by atoms with E-state index in [1.807, 2.05) is 70.9 Å². The van der Waals surface area contributed by atoms with Gasteiger partial charge in [-0.1, -0.05) is 42.5 Å². The van der Waals surface area contributed by atoms with Crippen LogP contribution in [-0.4, -0.2) is 31.8 Å². The smallest absolute Gasteiger partial charge is 0.273 e. The van der Waals surface area contributed by atoms with Crippen molar-refractivity contribution in [2.75, 3.05) is 0 Å². The number of rotatable bonds is 4. The maximum absolute atomic E-state index is 12.5. The van der Waals surface area contributed by atoms with Gasteiger partial charge >= 0.3 is 5.82 Å². The third-order valence-electron chi connectivity index (χ3n) is 6.44. The average Bonchev–Trinajstić information content (AvgIpc) is 3.50. The van der Waals surface area contributed by atoms with Crippen LogP contribution in [-0.2, 0) is 9.59 Å². The zero-order valence-corrected chi connectivity index (χ0v) is 19.0. The Morgan fingerprint density at radius 1 is 1.00 bits per heavy atom. The van der Waals surface area contributed by atoms with E-state index in [0.29, 0.717) is 24.5 Å². The molecule has 170 valence electrons. The molecule has 1 saturated carbocycles. The number of hydrazine groups is 1. The largest absolute Gasteiger partial charge is 0.332 e. The first-order valence-electron chi connectivity index (χ1n) is 11.2. The summed E-state index contributed by atoms with van der Waals surface area (Å²) in [4.78, 5) is 33.1. The van der Waals surface area contributed by atoms with Crippen LogP contribution in [0.2, 0.25) is 0 Å². The average molecular weight is 473 g/mol. The number of nitrogens with one attached hydrogen (secondary N) is 2. The number of hydrogen-bond acceptors (Lipinski definition) is 6. The Kier molecular flexibility index (Phi) is 5.14. The summed E-state index contributed by atoms with van der Waals surface area (Å²) in [5.74, 6) is 0.267. The Labute approximate surface area is 199 Å². The molecule has 1 saturated heterocycles. The van der Waals surface area contributed by atoms with Crippen LogP contribution in [0.15, 0.2) is 53.9 Å². The van der Waals surface area contributed by atoms with Gasteiger partial charge in [-0.15, -0.1) is 11.3 Å². The third kappa shape index (κ3) is 3.75. The van der Waals surface area contributed by atoms with Crippen LogP contribution < -0.4 is 15.6 Å². The Bertz CT molecular complexity index is 1330. The minimum Gasteiger partial charge on any atom is -0.273 e. The van der Waals surface area contributed by atoms with Crippen LogP contribution in [0.3, 0.4) is 0 Å². The van der Waals surface area contributed by atoms with Crippen LogP contribution >= 0.6 is 11.3 Å². The molecule has 3 aliphatic heterocycles. The number of benzene rings is 1. The van der Waals surface area contributed by atoms with Gasteiger partial charge in [-0.3, -0.25) is 20.4 Å². The molecule has 2 fully saturated rings. The molecule has 34 heavy (non-hydrogen) atoms. The Balaban J connectivity index is 1.38. The van der Waals surface area contributed by atoms with Gasteiger partial charge in [0.1, 0.15) is 11.0 Å². The molecular weight excluding hydrogens is 450 g/mol. The van der Waals surface area contributed by atoms with E-state index in [4.69, 9.17) is 15.2 Å². The molecule has 10 heteroatoms. The predicted octanol–water partition coefficient (Wildman–Crippen LogP) is 2.40. The number of hydrogen-bond donors (Lipinski definition) is 2. The molecule has 2 N–H and O–H groups in total. The molecular formula is C24H22N7O2S+. The highest BCUT2D eigenvalue weighted by molar-refractivity contribution is 7.12. The van der Waals surface area contributed by atoms with E-state index < -0.39 is 0 Å². The van der Waals surface area contributed by atoms with Gasteiger partial charge in [-0.05, 0) is 45.8 Å². The topological polar surface area (TPSA) is 106 Å². The normalized spacial score (nSPS) is 22.5. The van der Waals surface area contributed by atoms with Crippen LogP contribution in [0.25, 0.3) is 28.5 Å². The molecule has 2 aromatic rings. The zero-order valence-electron chi connectivity index (χ0n) is 18.2. The Morgan fingerprint density at radius 3 is 2.65 bits per heavy atom.